The van der Waals surface area contributed by atoms with E-state index in [-0.39, 0.29) is 11.9 Å². The third-order valence-corrected chi connectivity index (χ3v) is 3.90. The lowest BCUT2D eigenvalue weighted by Crippen LogP contribution is -2.50. The van der Waals surface area contributed by atoms with E-state index in [4.69, 9.17) is 9.47 Å². The summed E-state index contributed by atoms with van der Waals surface area (Å²) >= 11 is 0. The Hall–Kier alpha value is -1.79. The average Bonchev–Trinajstić information content (AvgIpc) is 2.55. The predicted octanol–water partition coefficient (Wildman–Crippen LogP) is 0.0680. The highest BCUT2D eigenvalue weighted by atomic mass is 16.6. The third-order valence-electron chi connectivity index (χ3n) is 3.90. The van der Waals surface area contributed by atoms with Crippen LogP contribution in [0.1, 0.15) is 12.0 Å². The number of carbonyl (C=O) groups is 1. The molecule has 3 rings (SSSR count). The first kappa shape index (κ1) is 15.1. The number of carbonyl (C=O) groups excluding carboxylic acids is 1. The zero-order valence-corrected chi connectivity index (χ0v) is 12.7. The van der Waals surface area contributed by atoms with Crippen molar-refractivity contribution in [3.8, 4) is 11.5 Å². The lowest BCUT2D eigenvalue weighted by molar-refractivity contribution is -0.121. The maximum Gasteiger partial charge on any atom is 0.221 e. The number of hydrogen-bond acceptors (Lipinski definition) is 5. The van der Waals surface area contributed by atoms with E-state index in [1.54, 1.807) is 0 Å². The van der Waals surface area contributed by atoms with E-state index >= 15 is 0 Å². The zero-order valence-electron chi connectivity index (χ0n) is 12.7. The number of benzene rings is 1. The maximum atomic E-state index is 11.9. The van der Waals surface area contributed by atoms with Gasteiger partial charge in [0, 0.05) is 38.6 Å². The van der Waals surface area contributed by atoms with E-state index < -0.39 is 0 Å². The molecular formula is C16H23N3O3. The molecule has 0 radical (unpaired) electrons. The fourth-order valence-corrected chi connectivity index (χ4v) is 2.74. The summed E-state index contributed by atoms with van der Waals surface area (Å²) in [7, 11) is 0. The molecular weight excluding hydrogens is 282 g/mol. The number of amides is 1. The minimum Gasteiger partial charge on any atom is -0.486 e. The molecule has 1 saturated heterocycles. The lowest BCUT2D eigenvalue weighted by atomic mass is 10.1. The number of hydrogen-bond donors (Lipinski definition) is 3. The molecule has 2 heterocycles. The molecule has 0 saturated carbocycles. The van der Waals surface area contributed by atoms with Crippen LogP contribution in [0.3, 0.4) is 0 Å². The van der Waals surface area contributed by atoms with Gasteiger partial charge in [-0.2, -0.15) is 0 Å². The summed E-state index contributed by atoms with van der Waals surface area (Å²) < 4.78 is 11.1. The van der Waals surface area contributed by atoms with Gasteiger partial charge in [-0.3, -0.25) is 4.79 Å². The van der Waals surface area contributed by atoms with E-state index in [2.05, 4.69) is 16.0 Å². The first-order valence-corrected chi connectivity index (χ1v) is 7.90. The summed E-state index contributed by atoms with van der Waals surface area (Å²) in [5, 5.41) is 9.60. The Morgan fingerprint density at radius 1 is 1.23 bits per heavy atom. The van der Waals surface area contributed by atoms with Crippen LogP contribution in [0.25, 0.3) is 0 Å². The second kappa shape index (κ2) is 7.47. The Kier molecular flexibility index (Phi) is 5.13. The van der Waals surface area contributed by atoms with Gasteiger partial charge in [0.15, 0.2) is 11.5 Å². The standard InChI is InChI=1S/C16H23N3O3/c20-16(10-13-11-17-5-6-18-13)19-4-3-12-1-2-14-15(9-12)22-8-7-21-14/h1-2,9,13,17-18H,3-8,10-11H2,(H,19,20). The number of piperazine rings is 1. The molecule has 2 aliphatic heterocycles. The molecule has 1 amide bonds. The molecule has 1 fully saturated rings. The molecule has 3 N–H and O–H groups in total. The minimum absolute atomic E-state index is 0.0961. The Morgan fingerprint density at radius 3 is 2.91 bits per heavy atom. The van der Waals surface area contributed by atoms with Crippen LogP contribution in [-0.2, 0) is 11.2 Å². The van der Waals surface area contributed by atoms with Crippen molar-refractivity contribution in [2.75, 3.05) is 39.4 Å². The van der Waals surface area contributed by atoms with Crippen molar-refractivity contribution < 1.29 is 14.3 Å². The molecule has 1 aromatic carbocycles. The highest BCUT2D eigenvalue weighted by Gasteiger charge is 2.16. The smallest absolute Gasteiger partial charge is 0.221 e. The average molecular weight is 305 g/mol. The van der Waals surface area contributed by atoms with Crippen molar-refractivity contribution in [3.63, 3.8) is 0 Å². The van der Waals surface area contributed by atoms with Gasteiger partial charge in [-0.1, -0.05) is 6.07 Å². The van der Waals surface area contributed by atoms with Crippen molar-refractivity contribution in [2.45, 2.75) is 18.9 Å². The first-order chi connectivity index (χ1) is 10.8. The Balaban J connectivity index is 1.41. The normalized spacial score (nSPS) is 20.5. The summed E-state index contributed by atoms with van der Waals surface area (Å²) in [6, 6.07) is 6.19. The SMILES string of the molecule is O=C(CC1CNCCN1)NCCc1ccc2c(c1)OCCO2. The number of nitrogens with one attached hydrogen (secondary N) is 3. The summed E-state index contributed by atoms with van der Waals surface area (Å²) in [6.07, 6.45) is 1.31. The van der Waals surface area contributed by atoms with Crippen LogP contribution >= 0.6 is 0 Å². The number of fused-ring (bicyclic) bond motifs is 1. The molecule has 2 aliphatic rings. The van der Waals surface area contributed by atoms with E-state index in [0.717, 1.165) is 43.1 Å². The third kappa shape index (κ3) is 4.11. The van der Waals surface area contributed by atoms with Crippen LogP contribution in [-0.4, -0.2) is 51.3 Å². The number of rotatable bonds is 5. The van der Waals surface area contributed by atoms with E-state index in [1.165, 1.54) is 0 Å². The fourth-order valence-electron chi connectivity index (χ4n) is 2.74. The van der Waals surface area contributed by atoms with Crippen LogP contribution in [0.2, 0.25) is 0 Å². The van der Waals surface area contributed by atoms with Crippen LogP contribution in [0.5, 0.6) is 11.5 Å². The lowest BCUT2D eigenvalue weighted by Gasteiger charge is -2.23. The largest absolute Gasteiger partial charge is 0.486 e. The molecule has 1 aromatic rings. The summed E-state index contributed by atoms with van der Waals surface area (Å²) in [6.45, 7) is 4.59. The van der Waals surface area contributed by atoms with Gasteiger partial charge in [0.25, 0.3) is 0 Å². The summed E-state index contributed by atoms with van der Waals surface area (Å²) in [4.78, 5) is 11.9. The topological polar surface area (TPSA) is 71.6 Å². The quantitative estimate of drug-likeness (QED) is 0.718. The van der Waals surface area contributed by atoms with Crippen molar-refractivity contribution in [2.24, 2.45) is 0 Å². The molecule has 0 aliphatic carbocycles. The molecule has 1 atom stereocenters. The number of ether oxygens (including phenoxy) is 2. The summed E-state index contributed by atoms with van der Waals surface area (Å²) in [5.41, 5.74) is 1.14. The van der Waals surface area contributed by atoms with Crippen LogP contribution in [0.15, 0.2) is 18.2 Å². The molecule has 0 bridgehead atoms. The predicted molar refractivity (Wildman–Crippen MR) is 83.4 cm³/mol. The van der Waals surface area contributed by atoms with E-state index in [9.17, 15) is 4.79 Å². The molecule has 120 valence electrons. The van der Waals surface area contributed by atoms with Gasteiger partial charge in [-0.15, -0.1) is 0 Å². The second-order valence-corrected chi connectivity index (χ2v) is 5.64. The first-order valence-electron chi connectivity index (χ1n) is 7.90. The molecule has 0 aromatic heterocycles. The van der Waals surface area contributed by atoms with Crippen LogP contribution in [0, 0.1) is 0 Å². The maximum absolute atomic E-state index is 11.9. The fraction of sp³-hybridized carbons (Fsp3) is 0.562. The van der Waals surface area contributed by atoms with Gasteiger partial charge in [0.2, 0.25) is 5.91 Å². The molecule has 22 heavy (non-hydrogen) atoms. The Morgan fingerprint density at radius 2 is 2.09 bits per heavy atom. The van der Waals surface area contributed by atoms with E-state index in [1.807, 2.05) is 18.2 Å². The monoisotopic (exact) mass is 305 g/mol. The Bertz CT molecular complexity index is 515. The van der Waals surface area contributed by atoms with Crippen molar-refractivity contribution >= 4 is 5.91 Å². The van der Waals surface area contributed by atoms with Crippen molar-refractivity contribution in [1.82, 2.24) is 16.0 Å². The second-order valence-electron chi connectivity index (χ2n) is 5.64. The van der Waals surface area contributed by atoms with Crippen LogP contribution in [0.4, 0.5) is 0 Å². The molecule has 0 spiro atoms. The van der Waals surface area contributed by atoms with E-state index in [0.29, 0.717) is 26.2 Å². The Labute approximate surface area is 130 Å². The molecule has 6 nitrogen and oxygen atoms in total. The van der Waals surface area contributed by atoms with Crippen molar-refractivity contribution in [3.05, 3.63) is 23.8 Å². The van der Waals surface area contributed by atoms with Gasteiger partial charge >= 0.3 is 0 Å². The van der Waals surface area contributed by atoms with Gasteiger partial charge < -0.3 is 25.4 Å². The van der Waals surface area contributed by atoms with Crippen LogP contribution < -0.4 is 25.4 Å². The van der Waals surface area contributed by atoms with Crippen molar-refractivity contribution in [1.29, 1.82) is 0 Å². The zero-order chi connectivity index (χ0) is 15.2. The highest BCUT2D eigenvalue weighted by molar-refractivity contribution is 5.76. The minimum atomic E-state index is 0.0961. The van der Waals surface area contributed by atoms with Gasteiger partial charge in [0.1, 0.15) is 13.2 Å². The molecule has 1 unspecified atom stereocenters. The molecule has 6 heteroatoms. The van der Waals surface area contributed by atoms with Gasteiger partial charge in [0.05, 0.1) is 0 Å². The summed E-state index contributed by atoms with van der Waals surface area (Å²) in [5.74, 6) is 1.70. The van der Waals surface area contributed by atoms with Gasteiger partial charge in [-0.05, 0) is 24.1 Å². The van der Waals surface area contributed by atoms with Gasteiger partial charge in [-0.25, -0.2) is 0 Å². The highest BCUT2D eigenvalue weighted by Crippen LogP contribution is 2.30.